The number of aromatic nitrogens is 2. The summed E-state index contributed by atoms with van der Waals surface area (Å²) in [5.74, 6) is 0. The number of hydrogen-bond acceptors (Lipinski definition) is 5. The maximum atomic E-state index is 4.81. The summed E-state index contributed by atoms with van der Waals surface area (Å²) in [5.41, 5.74) is 2.34. The van der Waals surface area contributed by atoms with Crippen molar-refractivity contribution in [3.05, 3.63) is 32.2 Å². The fourth-order valence-electron chi connectivity index (χ4n) is 1.75. The molecule has 1 atom stereocenters. The van der Waals surface area contributed by atoms with E-state index in [4.69, 9.17) is 4.98 Å². The Hall–Kier alpha value is -0.780. The minimum atomic E-state index is 0.101. The fourth-order valence-corrected chi connectivity index (χ4v) is 3.82. The van der Waals surface area contributed by atoms with Crippen molar-refractivity contribution in [2.45, 2.75) is 46.1 Å². The van der Waals surface area contributed by atoms with Crippen LogP contribution in [0.4, 0.5) is 0 Å². The van der Waals surface area contributed by atoms with E-state index >= 15 is 0 Å². The van der Waals surface area contributed by atoms with Gasteiger partial charge in [-0.05, 0) is 13.5 Å². The molecule has 0 aliphatic heterocycles. The number of aryl methyl sites for hydroxylation is 1. The van der Waals surface area contributed by atoms with Gasteiger partial charge in [0, 0.05) is 21.9 Å². The van der Waals surface area contributed by atoms with Crippen molar-refractivity contribution in [3.8, 4) is 0 Å². The minimum absolute atomic E-state index is 0.101. The van der Waals surface area contributed by atoms with Crippen LogP contribution in [0, 0.1) is 6.92 Å². The third-order valence-corrected chi connectivity index (χ3v) is 4.77. The molecule has 3 nitrogen and oxygen atoms in total. The number of nitrogens with zero attached hydrogens (tertiary/aromatic N) is 2. The zero-order valence-corrected chi connectivity index (χ0v) is 13.8. The molecule has 0 amide bonds. The van der Waals surface area contributed by atoms with Crippen LogP contribution in [-0.2, 0) is 5.41 Å². The fraction of sp³-hybridized carbons (Fsp3) is 0.571. The molecule has 0 saturated carbocycles. The van der Waals surface area contributed by atoms with Crippen LogP contribution in [0.3, 0.4) is 0 Å². The average molecular weight is 295 g/mol. The van der Waals surface area contributed by atoms with E-state index in [-0.39, 0.29) is 11.5 Å². The van der Waals surface area contributed by atoms with Crippen LogP contribution in [-0.4, -0.2) is 16.5 Å². The Balaban J connectivity index is 2.32. The van der Waals surface area contributed by atoms with E-state index in [1.807, 2.05) is 6.92 Å². The summed E-state index contributed by atoms with van der Waals surface area (Å²) in [4.78, 5) is 9.41. The first kappa shape index (κ1) is 14.6. The molecule has 2 aromatic heterocycles. The van der Waals surface area contributed by atoms with E-state index in [2.05, 4.69) is 48.8 Å². The van der Waals surface area contributed by atoms with Crippen LogP contribution < -0.4 is 5.32 Å². The number of rotatable bonds is 4. The molecule has 5 heteroatoms. The second-order valence-electron chi connectivity index (χ2n) is 5.64. The van der Waals surface area contributed by atoms with Crippen molar-refractivity contribution in [2.75, 3.05) is 6.54 Å². The molecule has 0 spiro atoms. The first-order valence-corrected chi connectivity index (χ1v) is 8.29. The lowest BCUT2D eigenvalue weighted by Gasteiger charge is -2.15. The third-order valence-electron chi connectivity index (χ3n) is 2.83. The number of hydrogen-bond donors (Lipinski definition) is 1. The lowest BCUT2D eigenvalue weighted by atomic mass is 9.93. The summed E-state index contributed by atoms with van der Waals surface area (Å²) in [6.45, 7) is 11.6. The van der Waals surface area contributed by atoms with E-state index in [9.17, 15) is 0 Å². The van der Waals surface area contributed by atoms with Crippen molar-refractivity contribution < 1.29 is 0 Å². The van der Waals surface area contributed by atoms with E-state index in [1.54, 1.807) is 22.7 Å². The van der Waals surface area contributed by atoms with Gasteiger partial charge in [-0.1, -0.05) is 27.7 Å². The largest absolute Gasteiger partial charge is 0.303 e. The van der Waals surface area contributed by atoms with Gasteiger partial charge in [0.2, 0.25) is 0 Å². The number of nitrogens with one attached hydrogen (secondary N) is 1. The highest BCUT2D eigenvalue weighted by molar-refractivity contribution is 7.11. The van der Waals surface area contributed by atoms with Gasteiger partial charge in [0.25, 0.3) is 0 Å². The average Bonchev–Trinajstić information content (AvgIpc) is 2.93. The molecule has 0 saturated heterocycles. The zero-order chi connectivity index (χ0) is 14.0. The maximum Gasteiger partial charge on any atom is 0.117 e. The van der Waals surface area contributed by atoms with Crippen LogP contribution in [0.2, 0.25) is 0 Å². The van der Waals surface area contributed by atoms with E-state index in [1.165, 1.54) is 0 Å². The monoisotopic (exact) mass is 295 g/mol. The molecule has 0 aliphatic rings. The Labute approximate surface area is 123 Å². The van der Waals surface area contributed by atoms with Crippen LogP contribution >= 0.6 is 22.7 Å². The predicted octanol–water partition coefficient (Wildman–Crippen LogP) is 3.90. The molecule has 0 fully saturated rings. The molecule has 0 aliphatic carbocycles. The van der Waals surface area contributed by atoms with Gasteiger partial charge < -0.3 is 5.32 Å². The summed E-state index contributed by atoms with van der Waals surface area (Å²) in [6.07, 6.45) is 0. The van der Waals surface area contributed by atoms with Crippen molar-refractivity contribution in [1.29, 1.82) is 0 Å². The molecule has 0 radical (unpaired) electrons. The quantitative estimate of drug-likeness (QED) is 0.929. The summed E-state index contributed by atoms with van der Waals surface area (Å²) in [5, 5.41) is 9.97. The highest BCUT2D eigenvalue weighted by Crippen LogP contribution is 2.31. The zero-order valence-electron chi connectivity index (χ0n) is 12.2. The van der Waals surface area contributed by atoms with Crippen molar-refractivity contribution in [3.63, 3.8) is 0 Å². The van der Waals surface area contributed by atoms with E-state index < -0.39 is 0 Å². The molecule has 0 bridgehead atoms. The van der Waals surface area contributed by atoms with Crippen molar-refractivity contribution in [1.82, 2.24) is 15.3 Å². The molecule has 2 heterocycles. The topological polar surface area (TPSA) is 37.8 Å². The van der Waals surface area contributed by atoms with Crippen LogP contribution in [0.5, 0.6) is 0 Å². The maximum absolute atomic E-state index is 4.81. The molecule has 1 unspecified atom stereocenters. The van der Waals surface area contributed by atoms with Gasteiger partial charge in [-0.3, -0.25) is 0 Å². The van der Waals surface area contributed by atoms with Gasteiger partial charge >= 0.3 is 0 Å². The first-order valence-electron chi connectivity index (χ1n) is 6.53. The summed E-state index contributed by atoms with van der Waals surface area (Å²) in [6, 6.07) is 0.129. The van der Waals surface area contributed by atoms with Crippen LogP contribution in [0.15, 0.2) is 10.8 Å². The Bertz CT molecular complexity index is 537. The molecule has 19 heavy (non-hydrogen) atoms. The van der Waals surface area contributed by atoms with Gasteiger partial charge in [-0.25, -0.2) is 9.97 Å². The van der Waals surface area contributed by atoms with Gasteiger partial charge in [-0.2, -0.15) is 0 Å². The summed E-state index contributed by atoms with van der Waals surface area (Å²) in [7, 11) is 0. The highest BCUT2D eigenvalue weighted by atomic mass is 32.1. The van der Waals surface area contributed by atoms with Crippen LogP contribution in [0.25, 0.3) is 0 Å². The molecule has 2 rings (SSSR count). The number of thiazole rings is 2. The lowest BCUT2D eigenvalue weighted by Crippen LogP contribution is -2.22. The van der Waals surface area contributed by atoms with Crippen molar-refractivity contribution >= 4 is 22.7 Å². The Morgan fingerprint density at radius 1 is 1.16 bits per heavy atom. The SMILES string of the molecule is CCNC(c1nc(C)cs1)c1nc(C(C)(C)C)cs1. The predicted molar refractivity (Wildman–Crippen MR) is 83.2 cm³/mol. The van der Waals surface area contributed by atoms with Gasteiger partial charge in [-0.15, -0.1) is 22.7 Å². The molecule has 1 N–H and O–H groups in total. The molecular weight excluding hydrogens is 274 g/mol. The smallest absolute Gasteiger partial charge is 0.117 e. The Morgan fingerprint density at radius 3 is 2.26 bits per heavy atom. The standard InChI is InChI=1S/C14H21N3S2/c1-6-15-11(12-16-9(2)7-18-12)13-17-10(8-19-13)14(3,4)5/h7-8,11,15H,6H2,1-5H3. The summed E-state index contributed by atoms with van der Waals surface area (Å²) >= 11 is 3.42. The second-order valence-corrected chi connectivity index (χ2v) is 7.42. The van der Waals surface area contributed by atoms with Gasteiger partial charge in [0.05, 0.1) is 5.69 Å². The van der Waals surface area contributed by atoms with Gasteiger partial charge in [0.1, 0.15) is 16.1 Å². The van der Waals surface area contributed by atoms with Crippen molar-refractivity contribution in [2.24, 2.45) is 0 Å². The minimum Gasteiger partial charge on any atom is -0.303 e. The normalized spacial score (nSPS) is 13.7. The van der Waals surface area contributed by atoms with Gasteiger partial charge in [0.15, 0.2) is 0 Å². The Morgan fingerprint density at radius 2 is 1.79 bits per heavy atom. The van der Waals surface area contributed by atoms with E-state index in [0.29, 0.717) is 0 Å². The first-order chi connectivity index (χ1) is 8.91. The molecule has 0 aromatic carbocycles. The second kappa shape index (κ2) is 5.69. The molecule has 104 valence electrons. The molecular formula is C14H21N3S2. The summed E-state index contributed by atoms with van der Waals surface area (Å²) < 4.78 is 0. The van der Waals surface area contributed by atoms with Crippen LogP contribution in [0.1, 0.15) is 55.1 Å². The third kappa shape index (κ3) is 3.41. The highest BCUT2D eigenvalue weighted by Gasteiger charge is 2.23. The molecule has 2 aromatic rings. The Kier molecular flexibility index (Phi) is 4.38. The van der Waals surface area contributed by atoms with E-state index in [0.717, 1.165) is 27.9 Å². The lowest BCUT2D eigenvalue weighted by molar-refractivity contribution is 0.561.